The van der Waals surface area contributed by atoms with Crippen molar-refractivity contribution in [2.24, 2.45) is 11.7 Å². The summed E-state index contributed by atoms with van der Waals surface area (Å²) in [4.78, 5) is 16.0. The van der Waals surface area contributed by atoms with E-state index in [0.717, 1.165) is 25.7 Å². The first-order chi connectivity index (χ1) is 9.15. The van der Waals surface area contributed by atoms with Gasteiger partial charge in [-0.2, -0.15) is 0 Å². The molecule has 21 heavy (non-hydrogen) atoms. The summed E-state index contributed by atoms with van der Waals surface area (Å²) in [5.74, 6) is 0.497. The molecule has 0 radical (unpaired) electrons. The van der Waals surface area contributed by atoms with Crippen molar-refractivity contribution in [3.63, 3.8) is 0 Å². The summed E-state index contributed by atoms with van der Waals surface area (Å²) in [5.41, 5.74) is 7.19. The standard InChI is InChI=1S/C15H23N3O.2ClH/c1-11(9-12-5-7-17-8-6-12)18-15(19)10-13-3-2-4-14(13)16;;/h5-8,11,13-14H,2-4,9-10,16H2,1H3,(H,18,19);2*1H/t11?,13-,14+;;/m0../s1. The maximum Gasteiger partial charge on any atom is 0.220 e. The molecule has 2 rings (SSSR count). The molecule has 1 aromatic heterocycles. The van der Waals surface area contributed by atoms with Crippen LogP contribution in [0.4, 0.5) is 0 Å². The highest BCUT2D eigenvalue weighted by Crippen LogP contribution is 2.26. The second kappa shape index (κ2) is 9.98. The average molecular weight is 334 g/mol. The van der Waals surface area contributed by atoms with Gasteiger partial charge >= 0.3 is 0 Å². The Labute approximate surface area is 139 Å². The van der Waals surface area contributed by atoms with Gasteiger partial charge in [-0.25, -0.2) is 0 Å². The highest BCUT2D eigenvalue weighted by Gasteiger charge is 2.26. The van der Waals surface area contributed by atoms with Crippen LogP contribution in [0.25, 0.3) is 0 Å². The lowest BCUT2D eigenvalue weighted by Crippen LogP contribution is -2.37. The lowest BCUT2D eigenvalue weighted by atomic mass is 9.99. The highest BCUT2D eigenvalue weighted by molar-refractivity contribution is 5.85. The minimum atomic E-state index is 0. The molecule has 1 saturated carbocycles. The second-order valence-electron chi connectivity index (χ2n) is 5.59. The molecule has 6 heteroatoms. The Morgan fingerprint density at radius 3 is 2.62 bits per heavy atom. The topological polar surface area (TPSA) is 68.0 Å². The van der Waals surface area contributed by atoms with Crippen LogP contribution in [0.15, 0.2) is 24.5 Å². The molecule has 0 spiro atoms. The molecule has 0 bridgehead atoms. The van der Waals surface area contributed by atoms with E-state index in [2.05, 4.69) is 10.3 Å². The maximum absolute atomic E-state index is 12.0. The molecule has 3 N–H and O–H groups in total. The van der Waals surface area contributed by atoms with Crippen molar-refractivity contribution in [3.05, 3.63) is 30.1 Å². The minimum absolute atomic E-state index is 0. The monoisotopic (exact) mass is 333 g/mol. The van der Waals surface area contributed by atoms with Crippen LogP contribution in [0.3, 0.4) is 0 Å². The number of aromatic nitrogens is 1. The summed E-state index contributed by atoms with van der Waals surface area (Å²) in [6.45, 7) is 2.03. The Kier molecular flexibility index (Phi) is 9.58. The van der Waals surface area contributed by atoms with Gasteiger partial charge in [0.05, 0.1) is 0 Å². The van der Waals surface area contributed by atoms with Gasteiger partial charge in [-0.05, 0) is 49.8 Å². The number of nitrogens with one attached hydrogen (secondary N) is 1. The van der Waals surface area contributed by atoms with Gasteiger partial charge in [-0.3, -0.25) is 9.78 Å². The summed E-state index contributed by atoms with van der Waals surface area (Å²) in [6, 6.07) is 4.32. The number of nitrogens with two attached hydrogens (primary N) is 1. The minimum Gasteiger partial charge on any atom is -0.353 e. The summed E-state index contributed by atoms with van der Waals surface area (Å²) in [7, 11) is 0. The molecule has 120 valence electrons. The number of carbonyl (C=O) groups excluding carboxylic acids is 1. The zero-order valence-electron chi connectivity index (χ0n) is 12.3. The number of hydrogen-bond acceptors (Lipinski definition) is 3. The Bertz CT molecular complexity index is 417. The van der Waals surface area contributed by atoms with Crippen LogP contribution in [-0.4, -0.2) is 23.0 Å². The van der Waals surface area contributed by atoms with Gasteiger partial charge in [-0.1, -0.05) is 6.42 Å². The average Bonchev–Trinajstić information content (AvgIpc) is 2.76. The number of rotatable bonds is 5. The number of halogens is 2. The molecular weight excluding hydrogens is 309 g/mol. The third kappa shape index (κ3) is 6.64. The van der Waals surface area contributed by atoms with E-state index in [1.54, 1.807) is 12.4 Å². The van der Waals surface area contributed by atoms with Crippen molar-refractivity contribution < 1.29 is 4.79 Å². The van der Waals surface area contributed by atoms with Gasteiger partial charge in [0.15, 0.2) is 0 Å². The normalized spacial score (nSPS) is 21.8. The third-order valence-electron chi connectivity index (χ3n) is 3.86. The summed E-state index contributed by atoms with van der Waals surface area (Å²) >= 11 is 0. The lowest BCUT2D eigenvalue weighted by molar-refractivity contribution is -0.122. The molecular formula is C15H25Cl2N3O. The van der Waals surface area contributed by atoms with E-state index in [4.69, 9.17) is 5.73 Å². The van der Waals surface area contributed by atoms with Crippen molar-refractivity contribution in [1.29, 1.82) is 0 Å². The number of pyridine rings is 1. The first-order valence-electron chi connectivity index (χ1n) is 7.09. The largest absolute Gasteiger partial charge is 0.353 e. The second-order valence-corrected chi connectivity index (χ2v) is 5.59. The van der Waals surface area contributed by atoms with Crippen LogP contribution in [0.5, 0.6) is 0 Å². The Hall–Kier alpha value is -0.840. The predicted octanol–water partition coefficient (Wildman–Crippen LogP) is 2.49. The molecule has 1 aliphatic rings. The van der Waals surface area contributed by atoms with Gasteiger partial charge < -0.3 is 11.1 Å². The number of hydrogen-bond donors (Lipinski definition) is 2. The molecule has 1 aromatic rings. The van der Waals surface area contributed by atoms with E-state index in [1.165, 1.54) is 5.56 Å². The number of amides is 1. The van der Waals surface area contributed by atoms with E-state index in [9.17, 15) is 4.79 Å². The predicted molar refractivity (Wildman–Crippen MR) is 90.0 cm³/mol. The number of carbonyl (C=O) groups is 1. The smallest absolute Gasteiger partial charge is 0.220 e. The molecule has 4 nitrogen and oxygen atoms in total. The van der Waals surface area contributed by atoms with E-state index in [0.29, 0.717) is 12.3 Å². The van der Waals surface area contributed by atoms with E-state index in [1.807, 2.05) is 19.1 Å². The maximum atomic E-state index is 12.0. The fourth-order valence-electron chi connectivity index (χ4n) is 2.81. The highest BCUT2D eigenvalue weighted by atomic mass is 35.5. The SMILES string of the molecule is CC(Cc1ccncc1)NC(=O)C[C@@H]1CCC[C@H]1N.Cl.Cl. The van der Waals surface area contributed by atoms with Crippen molar-refractivity contribution in [2.75, 3.05) is 0 Å². The van der Waals surface area contributed by atoms with E-state index < -0.39 is 0 Å². The fourth-order valence-corrected chi connectivity index (χ4v) is 2.81. The molecule has 1 aliphatic carbocycles. The molecule has 0 aliphatic heterocycles. The quantitative estimate of drug-likeness (QED) is 0.869. The van der Waals surface area contributed by atoms with Gasteiger partial charge in [0.2, 0.25) is 5.91 Å². The molecule has 1 unspecified atom stereocenters. The van der Waals surface area contributed by atoms with Crippen molar-refractivity contribution in [3.8, 4) is 0 Å². The van der Waals surface area contributed by atoms with Crippen LogP contribution in [0, 0.1) is 5.92 Å². The molecule has 1 amide bonds. The Morgan fingerprint density at radius 2 is 2.05 bits per heavy atom. The van der Waals surface area contributed by atoms with Crippen LogP contribution in [0.1, 0.15) is 38.2 Å². The van der Waals surface area contributed by atoms with Crippen molar-refractivity contribution in [2.45, 2.75) is 51.1 Å². The van der Waals surface area contributed by atoms with Crippen LogP contribution < -0.4 is 11.1 Å². The summed E-state index contributed by atoms with van der Waals surface area (Å²) in [6.07, 6.45) is 8.28. The molecule has 0 saturated heterocycles. The van der Waals surface area contributed by atoms with Gasteiger partial charge in [0.25, 0.3) is 0 Å². The van der Waals surface area contributed by atoms with Gasteiger partial charge in [-0.15, -0.1) is 24.8 Å². The molecule has 1 fully saturated rings. The van der Waals surface area contributed by atoms with E-state index >= 15 is 0 Å². The van der Waals surface area contributed by atoms with Gasteiger partial charge in [0.1, 0.15) is 0 Å². The zero-order valence-corrected chi connectivity index (χ0v) is 14.0. The molecule has 1 heterocycles. The fraction of sp³-hybridized carbons (Fsp3) is 0.600. The first kappa shape index (κ1) is 20.2. The molecule has 3 atom stereocenters. The Balaban J connectivity index is 0.00000200. The Morgan fingerprint density at radius 1 is 1.38 bits per heavy atom. The van der Waals surface area contributed by atoms with Crippen molar-refractivity contribution in [1.82, 2.24) is 10.3 Å². The van der Waals surface area contributed by atoms with Gasteiger partial charge in [0, 0.05) is 30.9 Å². The number of nitrogens with zero attached hydrogens (tertiary/aromatic N) is 1. The first-order valence-corrected chi connectivity index (χ1v) is 7.09. The summed E-state index contributed by atoms with van der Waals surface area (Å²) < 4.78 is 0. The summed E-state index contributed by atoms with van der Waals surface area (Å²) in [5, 5.41) is 3.06. The van der Waals surface area contributed by atoms with Crippen LogP contribution in [-0.2, 0) is 11.2 Å². The van der Waals surface area contributed by atoms with Crippen LogP contribution >= 0.6 is 24.8 Å². The van der Waals surface area contributed by atoms with E-state index in [-0.39, 0.29) is 42.8 Å². The molecule has 0 aromatic carbocycles. The lowest BCUT2D eigenvalue weighted by Gasteiger charge is -2.18. The van der Waals surface area contributed by atoms with Crippen molar-refractivity contribution >= 4 is 30.7 Å². The third-order valence-corrected chi connectivity index (χ3v) is 3.86. The zero-order chi connectivity index (χ0) is 13.7. The van der Waals surface area contributed by atoms with Crippen LogP contribution in [0.2, 0.25) is 0 Å².